The van der Waals surface area contributed by atoms with E-state index in [1.807, 2.05) is 39.8 Å². The third-order valence-electron chi connectivity index (χ3n) is 3.99. The highest BCUT2D eigenvalue weighted by Crippen LogP contribution is 2.22. The molecule has 0 saturated carbocycles. The van der Waals surface area contributed by atoms with E-state index < -0.39 is 10.0 Å². The number of nitrogens with zero attached hydrogens (tertiary/aromatic N) is 2. The number of rotatable bonds is 3. The molecule has 0 radical (unpaired) electrons. The molecule has 0 spiro atoms. The number of amides is 1. The molecule has 1 aliphatic heterocycles. The molecule has 0 N–H and O–H groups in total. The molecule has 22 heavy (non-hydrogen) atoms. The topological polar surface area (TPSA) is 57.7 Å². The molecule has 1 aromatic carbocycles. The number of benzene rings is 1. The predicted octanol–water partition coefficient (Wildman–Crippen LogP) is 1.79. The van der Waals surface area contributed by atoms with Crippen molar-refractivity contribution in [3.8, 4) is 0 Å². The Morgan fingerprint density at radius 3 is 2.18 bits per heavy atom. The van der Waals surface area contributed by atoms with E-state index in [0.29, 0.717) is 31.1 Å². The zero-order chi connectivity index (χ0) is 16.5. The van der Waals surface area contributed by atoms with Crippen molar-refractivity contribution >= 4 is 15.9 Å². The van der Waals surface area contributed by atoms with Crippen LogP contribution in [0.1, 0.15) is 25.0 Å². The first-order valence-electron chi connectivity index (χ1n) is 7.59. The van der Waals surface area contributed by atoms with E-state index in [1.54, 1.807) is 11.0 Å². The van der Waals surface area contributed by atoms with Crippen LogP contribution in [0.3, 0.4) is 0 Å². The third-order valence-corrected chi connectivity index (χ3v) is 6.05. The fourth-order valence-electron chi connectivity index (χ4n) is 2.74. The molecule has 122 valence electrons. The lowest BCUT2D eigenvalue weighted by Crippen LogP contribution is -2.51. The monoisotopic (exact) mass is 324 g/mol. The minimum atomic E-state index is -3.48. The normalized spacial score (nSPS) is 17.0. The van der Waals surface area contributed by atoms with Gasteiger partial charge in [0.1, 0.15) is 0 Å². The Hall–Kier alpha value is -1.40. The van der Waals surface area contributed by atoms with Crippen molar-refractivity contribution in [1.29, 1.82) is 0 Å². The number of piperazine rings is 1. The Labute approximate surface area is 133 Å². The molecule has 5 nitrogen and oxygen atoms in total. The zero-order valence-electron chi connectivity index (χ0n) is 13.7. The van der Waals surface area contributed by atoms with E-state index in [9.17, 15) is 13.2 Å². The van der Waals surface area contributed by atoms with Gasteiger partial charge < -0.3 is 4.90 Å². The van der Waals surface area contributed by atoms with Gasteiger partial charge in [-0.15, -0.1) is 0 Å². The molecule has 1 fully saturated rings. The number of aryl methyl sites for hydroxylation is 2. The van der Waals surface area contributed by atoms with E-state index in [2.05, 4.69) is 0 Å². The van der Waals surface area contributed by atoms with Crippen LogP contribution in [-0.2, 0) is 14.8 Å². The van der Waals surface area contributed by atoms with Crippen molar-refractivity contribution in [3.63, 3.8) is 0 Å². The molecular formula is C16H24N2O3S. The smallest absolute Gasteiger partial charge is 0.243 e. The van der Waals surface area contributed by atoms with Crippen molar-refractivity contribution in [2.45, 2.75) is 32.6 Å². The zero-order valence-corrected chi connectivity index (χ0v) is 14.5. The second-order valence-electron chi connectivity index (χ2n) is 6.15. The van der Waals surface area contributed by atoms with Crippen LogP contribution in [0.25, 0.3) is 0 Å². The summed E-state index contributed by atoms with van der Waals surface area (Å²) < 4.78 is 27.0. The third kappa shape index (κ3) is 3.33. The Balaban J connectivity index is 2.14. The highest BCUT2D eigenvalue weighted by Gasteiger charge is 2.31. The number of hydrogen-bond donors (Lipinski definition) is 0. The molecule has 0 atom stereocenters. The molecule has 1 aromatic rings. The van der Waals surface area contributed by atoms with Gasteiger partial charge in [0.2, 0.25) is 15.9 Å². The first-order valence-corrected chi connectivity index (χ1v) is 9.03. The molecule has 1 amide bonds. The SMILES string of the molecule is Cc1ccc(S(=O)(=O)N2CCN(C(=O)C(C)C)CC2)c(C)c1. The van der Waals surface area contributed by atoms with Gasteiger partial charge in [-0.05, 0) is 25.5 Å². The molecule has 1 aliphatic rings. The van der Waals surface area contributed by atoms with Crippen molar-refractivity contribution in [2.24, 2.45) is 5.92 Å². The van der Waals surface area contributed by atoms with Crippen LogP contribution in [0.4, 0.5) is 0 Å². The van der Waals surface area contributed by atoms with E-state index in [0.717, 1.165) is 11.1 Å². The Morgan fingerprint density at radius 1 is 1.09 bits per heavy atom. The van der Waals surface area contributed by atoms with E-state index in [1.165, 1.54) is 4.31 Å². The molecule has 0 aliphatic carbocycles. The van der Waals surface area contributed by atoms with Gasteiger partial charge >= 0.3 is 0 Å². The van der Waals surface area contributed by atoms with E-state index in [-0.39, 0.29) is 11.8 Å². The van der Waals surface area contributed by atoms with Gasteiger partial charge in [-0.1, -0.05) is 31.5 Å². The summed E-state index contributed by atoms with van der Waals surface area (Å²) in [5, 5.41) is 0. The molecule has 2 rings (SSSR count). The van der Waals surface area contributed by atoms with Crippen molar-refractivity contribution in [1.82, 2.24) is 9.21 Å². The first-order chi connectivity index (χ1) is 10.2. The van der Waals surface area contributed by atoms with Crippen molar-refractivity contribution in [3.05, 3.63) is 29.3 Å². The van der Waals surface area contributed by atoms with Crippen molar-refractivity contribution < 1.29 is 13.2 Å². The lowest BCUT2D eigenvalue weighted by molar-refractivity contribution is -0.135. The minimum absolute atomic E-state index is 0.0532. The van der Waals surface area contributed by atoms with Gasteiger partial charge in [0.15, 0.2) is 0 Å². The lowest BCUT2D eigenvalue weighted by atomic mass is 10.2. The average Bonchev–Trinajstić information content (AvgIpc) is 2.46. The highest BCUT2D eigenvalue weighted by atomic mass is 32.2. The minimum Gasteiger partial charge on any atom is -0.340 e. The largest absolute Gasteiger partial charge is 0.340 e. The maximum atomic E-state index is 12.8. The molecule has 0 aromatic heterocycles. The summed E-state index contributed by atoms with van der Waals surface area (Å²) in [6.45, 7) is 9.12. The maximum Gasteiger partial charge on any atom is 0.243 e. The summed E-state index contributed by atoms with van der Waals surface area (Å²) in [6, 6.07) is 5.37. The lowest BCUT2D eigenvalue weighted by Gasteiger charge is -2.35. The van der Waals surface area contributed by atoms with E-state index in [4.69, 9.17) is 0 Å². The van der Waals surface area contributed by atoms with E-state index >= 15 is 0 Å². The molecule has 0 bridgehead atoms. The van der Waals surface area contributed by atoms with Gasteiger partial charge in [-0.25, -0.2) is 8.42 Å². The summed E-state index contributed by atoms with van der Waals surface area (Å²) in [7, 11) is -3.48. The van der Waals surface area contributed by atoms with Crippen LogP contribution < -0.4 is 0 Å². The first kappa shape index (κ1) is 17.0. The molecule has 0 unspecified atom stereocenters. The Morgan fingerprint density at radius 2 is 1.68 bits per heavy atom. The van der Waals surface area contributed by atoms with Crippen LogP contribution in [0.2, 0.25) is 0 Å². The van der Waals surface area contributed by atoms with Crippen LogP contribution in [-0.4, -0.2) is 49.7 Å². The fraction of sp³-hybridized carbons (Fsp3) is 0.562. The predicted molar refractivity (Wildman–Crippen MR) is 86.1 cm³/mol. The van der Waals surface area contributed by atoms with Crippen LogP contribution in [0, 0.1) is 19.8 Å². The van der Waals surface area contributed by atoms with Gasteiger partial charge in [0.25, 0.3) is 0 Å². The number of carbonyl (C=O) groups is 1. The second kappa shape index (κ2) is 6.38. The number of hydrogen-bond acceptors (Lipinski definition) is 3. The molecule has 1 saturated heterocycles. The Bertz CT molecular complexity index is 660. The molecular weight excluding hydrogens is 300 g/mol. The van der Waals surface area contributed by atoms with Crippen LogP contribution >= 0.6 is 0 Å². The molecule has 1 heterocycles. The average molecular weight is 324 g/mol. The van der Waals surface area contributed by atoms with Gasteiger partial charge in [-0.2, -0.15) is 4.31 Å². The van der Waals surface area contributed by atoms with Crippen molar-refractivity contribution in [2.75, 3.05) is 26.2 Å². The summed E-state index contributed by atoms with van der Waals surface area (Å²) in [6.07, 6.45) is 0. The summed E-state index contributed by atoms with van der Waals surface area (Å²) in [5.41, 5.74) is 1.81. The van der Waals surface area contributed by atoms with Crippen LogP contribution in [0.15, 0.2) is 23.1 Å². The second-order valence-corrected chi connectivity index (χ2v) is 8.06. The number of carbonyl (C=O) groups excluding carboxylic acids is 1. The summed E-state index contributed by atoms with van der Waals surface area (Å²) in [5.74, 6) is 0.0334. The van der Waals surface area contributed by atoms with Crippen LogP contribution in [0.5, 0.6) is 0 Å². The number of sulfonamides is 1. The molecule has 6 heteroatoms. The quantitative estimate of drug-likeness (QED) is 0.852. The van der Waals surface area contributed by atoms with Gasteiger partial charge in [0.05, 0.1) is 4.90 Å². The highest BCUT2D eigenvalue weighted by molar-refractivity contribution is 7.89. The Kier molecular flexibility index (Phi) is 4.92. The maximum absolute atomic E-state index is 12.8. The summed E-state index contributed by atoms with van der Waals surface area (Å²) in [4.78, 5) is 14.1. The fourth-order valence-corrected chi connectivity index (χ4v) is 4.37. The van der Waals surface area contributed by atoms with Gasteiger partial charge in [-0.3, -0.25) is 4.79 Å². The van der Waals surface area contributed by atoms with Gasteiger partial charge in [0, 0.05) is 32.1 Å². The standard InChI is InChI=1S/C16H24N2O3S/c1-12(2)16(19)17-7-9-18(10-8-17)22(20,21)15-6-5-13(3)11-14(15)4/h5-6,11-12H,7-10H2,1-4H3. The summed E-state index contributed by atoms with van der Waals surface area (Å²) >= 11 is 0.